The standard InChI is InChI=1S/C21H32N2O3/c1-5-6-14-25-19-15-18(22-16-17-10-8-7-9-11-17)12-13-23(19)20(24)26-21(2,3)4/h5-11,18-19,22H,12-16H2,1-4H3/b6-5+/t18-,19-/m0/s1. The molecule has 1 aromatic carbocycles. The van der Waals surface area contributed by atoms with Crippen LogP contribution in [0.3, 0.4) is 0 Å². The number of amides is 1. The number of hydrogen-bond acceptors (Lipinski definition) is 4. The van der Waals surface area contributed by atoms with Gasteiger partial charge in [-0.15, -0.1) is 0 Å². The Balaban J connectivity index is 1.95. The summed E-state index contributed by atoms with van der Waals surface area (Å²) in [5, 5.41) is 3.59. The lowest BCUT2D eigenvalue weighted by atomic mass is 10.0. The normalized spacial score (nSPS) is 21.2. The first kappa shape index (κ1) is 20.5. The predicted octanol–water partition coefficient (Wildman–Crippen LogP) is 4.09. The summed E-state index contributed by atoms with van der Waals surface area (Å²) in [6.07, 6.45) is 4.96. The summed E-state index contributed by atoms with van der Waals surface area (Å²) in [6.45, 7) is 9.55. The summed E-state index contributed by atoms with van der Waals surface area (Å²) in [7, 11) is 0. The zero-order chi connectivity index (χ0) is 19.0. The molecule has 1 aliphatic heterocycles. The van der Waals surface area contributed by atoms with Crippen molar-refractivity contribution in [1.29, 1.82) is 0 Å². The van der Waals surface area contributed by atoms with Crippen LogP contribution in [0.2, 0.25) is 0 Å². The molecule has 2 rings (SSSR count). The fourth-order valence-electron chi connectivity index (χ4n) is 2.92. The molecule has 1 saturated heterocycles. The van der Waals surface area contributed by atoms with Crippen LogP contribution < -0.4 is 5.32 Å². The first-order valence-corrected chi connectivity index (χ1v) is 9.38. The van der Waals surface area contributed by atoms with Crippen LogP contribution in [0, 0.1) is 0 Å². The van der Waals surface area contributed by atoms with Crippen LogP contribution >= 0.6 is 0 Å². The highest BCUT2D eigenvalue weighted by Gasteiger charge is 2.34. The largest absolute Gasteiger partial charge is 0.444 e. The Morgan fingerprint density at radius 2 is 2.04 bits per heavy atom. The fourth-order valence-corrected chi connectivity index (χ4v) is 2.92. The number of benzene rings is 1. The quantitative estimate of drug-likeness (QED) is 0.776. The zero-order valence-electron chi connectivity index (χ0n) is 16.4. The van der Waals surface area contributed by atoms with Crippen LogP contribution in [0.15, 0.2) is 42.5 Å². The van der Waals surface area contributed by atoms with E-state index in [0.717, 1.165) is 19.4 Å². The molecule has 1 N–H and O–H groups in total. The Bertz CT molecular complexity index is 581. The van der Waals surface area contributed by atoms with Crippen molar-refractivity contribution in [2.45, 2.75) is 65.0 Å². The Kier molecular flexibility index (Phi) is 7.66. The second kappa shape index (κ2) is 9.74. The van der Waals surface area contributed by atoms with Crippen molar-refractivity contribution in [3.63, 3.8) is 0 Å². The minimum atomic E-state index is -0.507. The highest BCUT2D eigenvalue weighted by molar-refractivity contribution is 5.68. The van der Waals surface area contributed by atoms with E-state index in [1.165, 1.54) is 5.56 Å². The molecule has 0 spiro atoms. The maximum atomic E-state index is 12.5. The zero-order valence-corrected chi connectivity index (χ0v) is 16.4. The van der Waals surface area contributed by atoms with Gasteiger partial charge < -0.3 is 14.8 Å². The van der Waals surface area contributed by atoms with Crippen molar-refractivity contribution in [2.75, 3.05) is 13.2 Å². The molecule has 1 aromatic rings. The Morgan fingerprint density at radius 3 is 2.69 bits per heavy atom. The second-order valence-corrected chi connectivity index (χ2v) is 7.62. The van der Waals surface area contributed by atoms with Crippen LogP contribution in [0.25, 0.3) is 0 Å². The lowest BCUT2D eigenvalue weighted by molar-refractivity contribution is -0.0813. The van der Waals surface area contributed by atoms with Crippen LogP contribution in [-0.4, -0.2) is 42.0 Å². The van der Waals surface area contributed by atoms with E-state index in [-0.39, 0.29) is 12.3 Å². The smallest absolute Gasteiger partial charge is 0.412 e. The monoisotopic (exact) mass is 360 g/mol. The van der Waals surface area contributed by atoms with Gasteiger partial charge in [-0.25, -0.2) is 4.79 Å². The predicted molar refractivity (Wildman–Crippen MR) is 104 cm³/mol. The number of nitrogens with one attached hydrogen (secondary N) is 1. The molecule has 1 fully saturated rings. The third-order valence-electron chi connectivity index (χ3n) is 4.24. The van der Waals surface area contributed by atoms with Gasteiger partial charge in [-0.3, -0.25) is 4.90 Å². The third kappa shape index (κ3) is 6.81. The van der Waals surface area contributed by atoms with Crippen LogP contribution in [0.5, 0.6) is 0 Å². The van der Waals surface area contributed by atoms with E-state index in [4.69, 9.17) is 9.47 Å². The molecule has 1 aliphatic rings. The van der Waals surface area contributed by atoms with Crippen molar-refractivity contribution < 1.29 is 14.3 Å². The van der Waals surface area contributed by atoms with Gasteiger partial charge >= 0.3 is 6.09 Å². The van der Waals surface area contributed by atoms with Crippen LogP contribution in [0.4, 0.5) is 4.79 Å². The molecule has 5 nitrogen and oxygen atoms in total. The van der Waals surface area contributed by atoms with Crippen molar-refractivity contribution in [1.82, 2.24) is 10.2 Å². The van der Waals surface area contributed by atoms with E-state index in [1.54, 1.807) is 4.90 Å². The fraction of sp³-hybridized carbons (Fsp3) is 0.571. The van der Waals surface area contributed by atoms with Gasteiger partial charge in [-0.2, -0.15) is 0 Å². The molecule has 1 amide bonds. The number of piperidine rings is 1. The van der Waals surface area contributed by atoms with Gasteiger partial charge in [0, 0.05) is 25.6 Å². The van der Waals surface area contributed by atoms with Gasteiger partial charge in [-0.1, -0.05) is 42.5 Å². The summed E-state index contributed by atoms with van der Waals surface area (Å²) in [6, 6.07) is 10.7. The lowest BCUT2D eigenvalue weighted by Gasteiger charge is -2.39. The first-order valence-electron chi connectivity index (χ1n) is 9.38. The number of likely N-dealkylation sites (tertiary alicyclic amines) is 1. The third-order valence-corrected chi connectivity index (χ3v) is 4.24. The molecule has 1 heterocycles. The van der Waals surface area contributed by atoms with Gasteiger partial charge in [0.05, 0.1) is 6.61 Å². The molecule has 0 radical (unpaired) electrons. The highest BCUT2D eigenvalue weighted by Crippen LogP contribution is 2.22. The topological polar surface area (TPSA) is 50.8 Å². The molecule has 0 unspecified atom stereocenters. The van der Waals surface area contributed by atoms with Gasteiger partial charge in [0.25, 0.3) is 0 Å². The summed E-state index contributed by atoms with van der Waals surface area (Å²) in [5.41, 5.74) is 0.751. The van der Waals surface area contributed by atoms with E-state index in [2.05, 4.69) is 17.4 Å². The minimum absolute atomic E-state index is 0.275. The van der Waals surface area contributed by atoms with Crippen molar-refractivity contribution in [3.05, 3.63) is 48.0 Å². The summed E-state index contributed by atoms with van der Waals surface area (Å²) >= 11 is 0. The molecule has 5 heteroatoms. The molecule has 0 saturated carbocycles. The summed E-state index contributed by atoms with van der Waals surface area (Å²) < 4.78 is 11.5. The van der Waals surface area contributed by atoms with Gasteiger partial charge in [0.1, 0.15) is 11.8 Å². The molecule has 26 heavy (non-hydrogen) atoms. The number of carbonyl (C=O) groups excluding carboxylic acids is 1. The number of rotatable bonds is 6. The maximum Gasteiger partial charge on any atom is 0.412 e. The molecule has 0 aromatic heterocycles. The van der Waals surface area contributed by atoms with Crippen molar-refractivity contribution in [3.8, 4) is 0 Å². The van der Waals surface area contributed by atoms with E-state index in [9.17, 15) is 4.79 Å². The molecule has 144 valence electrons. The Morgan fingerprint density at radius 1 is 1.31 bits per heavy atom. The SMILES string of the molecule is C/C=C/CO[C@H]1C[C@@H](NCc2ccccc2)CCN1C(=O)OC(C)(C)C. The van der Waals surface area contributed by atoms with E-state index in [1.807, 2.05) is 58.0 Å². The number of carbonyl (C=O) groups is 1. The number of nitrogens with zero attached hydrogens (tertiary/aromatic N) is 1. The lowest BCUT2D eigenvalue weighted by Crippen LogP contribution is -2.53. The maximum absolute atomic E-state index is 12.5. The molecule has 0 aliphatic carbocycles. The van der Waals surface area contributed by atoms with E-state index >= 15 is 0 Å². The minimum Gasteiger partial charge on any atom is -0.444 e. The molecule has 0 bridgehead atoms. The Labute approximate surface area is 157 Å². The van der Waals surface area contributed by atoms with E-state index < -0.39 is 5.60 Å². The highest BCUT2D eigenvalue weighted by atomic mass is 16.6. The van der Waals surface area contributed by atoms with Gasteiger partial charge in [0.2, 0.25) is 0 Å². The first-order chi connectivity index (χ1) is 12.4. The second-order valence-electron chi connectivity index (χ2n) is 7.62. The van der Waals surface area contributed by atoms with Crippen molar-refractivity contribution >= 4 is 6.09 Å². The Hall–Kier alpha value is -1.85. The molecule has 2 atom stereocenters. The molecular weight excluding hydrogens is 328 g/mol. The summed E-state index contributed by atoms with van der Waals surface area (Å²) in [4.78, 5) is 14.2. The van der Waals surface area contributed by atoms with Gasteiger partial charge in [-0.05, 0) is 39.7 Å². The van der Waals surface area contributed by atoms with Crippen LogP contribution in [0.1, 0.15) is 46.1 Å². The average Bonchev–Trinajstić information content (AvgIpc) is 2.60. The molecular formula is C21H32N2O3. The van der Waals surface area contributed by atoms with E-state index in [0.29, 0.717) is 19.2 Å². The van der Waals surface area contributed by atoms with Crippen molar-refractivity contribution in [2.24, 2.45) is 0 Å². The average molecular weight is 360 g/mol. The summed E-state index contributed by atoms with van der Waals surface area (Å²) in [5.74, 6) is 0. The van der Waals surface area contributed by atoms with Gasteiger partial charge in [0.15, 0.2) is 0 Å². The van der Waals surface area contributed by atoms with Crippen LogP contribution in [-0.2, 0) is 16.0 Å². The number of ether oxygens (including phenoxy) is 2. The number of hydrogen-bond donors (Lipinski definition) is 1. The number of allylic oxidation sites excluding steroid dienone is 1.